The molecule has 0 aromatic rings. The Morgan fingerprint density at radius 1 is 1.00 bits per heavy atom. The lowest BCUT2D eigenvalue weighted by Gasteiger charge is -2.27. The predicted octanol–water partition coefficient (Wildman–Crippen LogP) is 3.84. The van der Waals surface area contributed by atoms with Crippen LogP contribution in [0.5, 0.6) is 0 Å². The highest BCUT2D eigenvalue weighted by Crippen LogP contribution is 2.15. The summed E-state index contributed by atoms with van der Waals surface area (Å²) in [5, 5.41) is 3.72. The summed E-state index contributed by atoms with van der Waals surface area (Å²) in [6, 6.07) is 1.12. The molecule has 0 saturated heterocycles. The monoisotopic (exact) mass is 223 g/mol. The maximum Gasteiger partial charge on any atom is 0.0240 e. The Morgan fingerprint density at radius 3 is 1.81 bits per heavy atom. The van der Waals surface area contributed by atoms with Crippen LogP contribution in [0.2, 0.25) is 0 Å². The number of rotatable bonds is 8. The standard InChI is InChI=1S/C15H29N/c1-7-9-14(8-2)16-15(10-12(3)4)11-13(5)6/h1,12-16H,8-11H2,2-6H3. The number of hydrogen-bond acceptors (Lipinski definition) is 1. The second kappa shape index (κ2) is 8.65. The molecule has 0 fully saturated rings. The summed E-state index contributed by atoms with van der Waals surface area (Å²) >= 11 is 0. The second-order valence-corrected chi connectivity index (χ2v) is 5.64. The maximum absolute atomic E-state index is 5.39. The smallest absolute Gasteiger partial charge is 0.0240 e. The number of terminal acetylenes is 1. The van der Waals surface area contributed by atoms with E-state index in [2.05, 4.69) is 45.9 Å². The van der Waals surface area contributed by atoms with E-state index in [9.17, 15) is 0 Å². The summed E-state index contributed by atoms with van der Waals surface area (Å²) < 4.78 is 0. The molecular weight excluding hydrogens is 194 g/mol. The van der Waals surface area contributed by atoms with Gasteiger partial charge in [-0.25, -0.2) is 0 Å². The third-order valence-electron chi connectivity index (χ3n) is 2.84. The molecule has 16 heavy (non-hydrogen) atoms. The van der Waals surface area contributed by atoms with Gasteiger partial charge in [0.1, 0.15) is 0 Å². The van der Waals surface area contributed by atoms with Crippen molar-refractivity contribution in [3.8, 4) is 12.3 Å². The van der Waals surface area contributed by atoms with E-state index in [1.807, 2.05) is 0 Å². The molecule has 1 heteroatoms. The maximum atomic E-state index is 5.39. The van der Waals surface area contributed by atoms with Crippen molar-refractivity contribution in [2.75, 3.05) is 0 Å². The van der Waals surface area contributed by atoms with Gasteiger partial charge in [-0.2, -0.15) is 0 Å². The summed E-state index contributed by atoms with van der Waals surface area (Å²) in [6.45, 7) is 11.4. The molecular formula is C15H29N. The normalized spacial score (nSPS) is 13.4. The average Bonchev–Trinajstić information content (AvgIpc) is 2.14. The van der Waals surface area contributed by atoms with Gasteiger partial charge in [-0.3, -0.25) is 0 Å². The minimum atomic E-state index is 0.493. The van der Waals surface area contributed by atoms with Gasteiger partial charge in [0, 0.05) is 18.5 Å². The fourth-order valence-corrected chi connectivity index (χ4v) is 2.17. The third-order valence-corrected chi connectivity index (χ3v) is 2.84. The van der Waals surface area contributed by atoms with Gasteiger partial charge < -0.3 is 5.32 Å². The van der Waals surface area contributed by atoms with Gasteiger partial charge in [0.25, 0.3) is 0 Å². The zero-order valence-corrected chi connectivity index (χ0v) is 11.7. The molecule has 0 saturated carbocycles. The van der Waals surface area contributed by atoms with Crippen molar-refractivity contribution >= 4 is 0 Å². The summed E-state index contributed by atoms with van der Waals surface area (Å²) in [7, 11) is 0. The fraction of sp³-hybridized carbons (Fsp3) is 0.867. The molecule has 1 nitrogen and oxygen atoms in total. The minimum absolute atomic E-state index is 0.493. The van der Waals surface area contributed by atoms with Crippen LogP contribution in [0.1, 0.15) is 60.3 Å². The topological polar surface area (TPSA) is 12.0 Å². The highest BCUT2D eigenvalue weighted by Gasteiger charge is 2.16. The molecule has 0 aromatic heterocycles. The van der Waals surface area contributed by atoms with E-state index >= 15 is 0 Å². The van der Waals surface area contributed by atoms with Crippen molar-refractivity contribution in [1.82, 2.24) is 5.32 Å². The van der Waals surface area contributed by atoms with Crippen LogP contribution in [0.15, 0.2) is 0 Å². The fourth-order valence-electron chi connectivity index (χ4n) is 2.17. The average molecular weight is 223 g/mol. The van der Waals surface area contributed by atoms with Crippen LogP contribution in [0.25, 0.3) is 0 Å². The quantitative estimate of drug-likeness (QED) is 0.617. The first-order valence-corrected chi connectivity index (χ1v) is 6.69. The first-order chi connectivity index (χ1) is 7.49. The predicted molar refractivity (Wildman–Crippen MR) is 73.4 cm³/mol. The molecule has 0 heterocycles. The van der Waals surface area contributed by atoms with Crippen LogP contribution in [-0.4, -0.2) is 12.1 Å². The lowest BCUT2D eigenvalue weighted by Crippen LogP contribution is -2.39. The Labute approximate surface area is 102 Å². The first kappa shape index (κ1) is 15.5. The third kappa shape index (κ3) is 7.77. The van der Waals surface area contributed by atoms with Gasteiger partial charge >= 0.3 is 0 Å². The van der Waals surface area contributed by atoms with Crippen molar-refractivity contribution in [3.05, 3.63) is 0 Å². The molecule has 1 atom stereocenters. The molecule has 0 bridgehead atoms. The summed E-state index contributed by atoms with van der Waals surface area (Å²) in [5.74, 6) is 4.27. The van der Waals surface area contributed by atoms with Gasteiger partial charge in [-0.05, 0) is 31.1 Å². The highest BCUT2D eigenvalue weighted by atomic mass is 14.9. The second-order valence-electron chi connectivity index (χ2n) is 5.64. The lowest BCUT2D eigenvalue weighted by molar-refractivity contribution is 0.323. The Morgan fingerprint density at radius 2 is 1.50 bits per heavy atom. The molecule has 0 aliphatic carbocycles. The Bertz CT molecular complexity index is 190. The van der Waals surface area contributed by atoms with E-state index in [1.54, 1.807) is 0 Å². The van der Waals surface area contributed by atoms with E-state index in [1.165, 1.54) is 12.8 Å². The molecule has 1 unspecified atom stereocenters. The molecule has 0 spiro atoms. The van der Waals surface area contributed by atoms with Crippen molar-refractivity contribution < 1.29 is 0 Å². The van der Waals surface area contributed by atoms with Gasteiger partial charge in [-0.1, -0.05) is 34.6 Å². The van der Waals surface area contributed by atoms with Gasteiger partial charge in [0.05, 0.1) is 0 Å². The number of hydrogen-bond donors (Lipinski definition) is 1. The molecule has 0 aliphatic rings. The Kier molecular flexibility index (Phi) is 8.39. The van der Waals surface area contributed by atoms with E-state index in [0.29, 0.717) is 12.1 Å². The van der Waals surface area contributed by atoms with Crippen molar-refractivity contribution in [2.24, 2.45) is 11.8 Å². The Balaban J connectivity index is 4.22. The lowest BCUT2D eigenvalue weighted by atomic mass is 9.94. The van der Waals surface area contributed by atoms with E-state index in [-0.39, 0.29) is 0 Å². The molecule has 1 N–H and O–H groups in total. The van der Waals surface area contributed by atoms with Crippen LogP contribution in [0.3, 0.4) is 0 Å². The molecule has 0 rings (SSSR count). The number of nitrogens with one attached hydrogen (secondary N) is 1. The van der Waals surface area contributed by atoms with Crippen LogP contribution < -0.4 is 5.32 Å². The van der Waals surface area contributed by atoms with Crippen LogP contribution in [0, 0.1) is 24.2 Å². The summed E-state index contributed by atoms with van der Waals surface area (Å²) in [4.78, 5) is 0. The van der Waals surface area contributed by atoms with Gasteiger partial charge in [0.2, 0.25) is 0 Å². The Hall–Kier alpha value is -0.480. The van der Waals surface area contributed by atoms with Crippen molar-refractivity contribution in [2.45, 2.75) is 72.4 Å². The van der Waals surface area contributed by atoms with Crippen LogP contribution in [0.4, 0.5) is 0 Å². The van der Waals surface area contributed by atoms with Crippen LogP contribution in [-0.2, 0) is 0 Å². The van der Waals surface area contributed by atoms with Gasteiger partial charge in [-0.15, -0.1) is 12.3 Å². The zero-order valence-electron chi connectivity index (χ0n) is 11.7. The molecule has 94 valence electrons. The van der Waals surface area contributed by atoms with E-state index in [4.69, 9.17) is 6.42 Å². The van der Waals surface area contributed by atoms with E-state index < -0.39 is 0 Å². The molecule has 0 aliphatic heterocycles. The molecule has 0 aromatic carbocycles. The largest absolute Gasteiger partial charge is 0.310 e. The summed E-state index contributed by atoms with van der Waals surface area (Å²) in [5.41, 5.74) is 0. The SMILES string of the molecule is C#CCC(CC)NC(CC(C)C)CC(C)C. The molecule has 0 radical (unpaired) electrons. The van der Waals surface area contributed by atoms with Crippen molar-refractivity contribution in [3.63, 3.8) is 0 Å². The minimum Gasteiger partial charge on any atom is -0.310 e. The summed E-state index contributed by atoms with van der Waals surface area (Å²) in [6.07, 6.45) is 9.86. The molecule has 0 amide bonds. The van der Waals surface area contributed by atoms with E-state index in [0.717, 1.165) is 24.7 Å². The first-order valence-electron chi connectivity index (χ1n) is 6.69. The van der Waals surface area contributed by atoms with Gasteiger partial charge in [0.15, 0.2) is 0 Å². The van der Waals surface area contributed by atoms with Crippen LogP contribution >= 0.6 is 0 Å². The zero-order chi connectivity index (χ0) is 12.6. The van der Waals surface area contributed by atoms with Crippen molar-refractivity contribution in [1.29, 1.82) is 0 Å². The highest BCUT2D eigenvalue weighted by molar-refractivity contribution is 4.90.